The molecule has 0 saturated carbocycles. The SMILES string of the molecule is C=C(N)N(O)CCC#Cc1ccc(OCCN2CCN([C@H](c3ccccc3)c3ccc(Cl)cc3)CC2)cc1. The Morgan fingerprint density at radius 1 is 0.974 bits per heavy atom. The van der Waals surface area contributed by atoms with Gasteiger partial charge in [-0.2, -0.15) is 0 Å². The lowest BCUT2D eigenvalue weighted by molar-refractivity contribution is -0.0540. The fourth-order valence-electron chi connectivity index (χ4n) is 4.54. The Bertz CT molecular complexity index is 1210. The molecule has 1 atom stereocenters. The molecule has 6 nitrogen and oxygen atoms in total. The summed E-state index contributed by atoms with van der Waals surface area (Å²) < 4.78 is 5.99. The first-order chi connectivity index (χ1) is 18.5. The third kappa shape index (κ3) is 8.01. The highest BCUT2D eigenvalue weighted by Crippen LogP contribution is 2.30. The van der Waals surface area contributed by atoms with E-state index in [1.807, 2.05) is 36.4 Å². The summed E-state index contributed by atoms with van der Waals surface area (Å²) in [5, 5.41) is 11.1. The average Bonchev–Trinajstić information content (AvgIpc) is 2.94. The van der Waals surface area contributed by atoms with E-state index in [2.05, 4.69) is 70.7 Å². The molecule has 38 heavy (non-hydrogen) atoms. The zero-order valence-corrected chi connectivity index (χ0v) is 22.4. The number of hydrogen-bond acceptors (Lipinski definition) is 6. The molecule has 0 amide bonds. The summed E-state index contributed by atoms with van der Waals surface area (Å²) >= 11 is 6.16. The van der Waals surface area contributed by atoms with Gasteiger partial charge >= 0.3 is 0 Å². The first-order valence-electron chi connectivity index (χ1n) is 12.9. The molecule has 3 aromatic rings. The van der Waals surface area contributed by atoms with E-state index >= 15 is 0 Å². The first-order valence-corrected chi connectivity index (χ1v) is 13.3. The minimum absolute atomic E-state index is 0.115. The Morgan fingerprint density at radius 2 is 1.63 bits per heavy atom. The third-order valence-electron chi connectivity index (χ3n) is 6.62. The van der Waals surface area contributed by atoms with Crippen molar-refractivity contribution >= 4 is 11.6 Å². The molecule has 1 saturated heterocycles. The number of piperazine rings is 1. The Morgan fingerprint density at radius 3 is 2.29 bits per heavy atom. The molecule has 1 heterocycles. The van der Waals surface area contributed by atoms with E-state index in [4.69, 9.17) is 22.1 Å². The number of hydroxylamine groups is 2. The van der Waals surface area contributed by atoms with Crippen LogP contribution in [0.1, 0.15) is 29.2 Å². The number of nitrogens with two attached hydrogens (primary N) is 1. The van der Waals surface area contributed by atoms with E-state index in [0.717, 1.165) is 54.1 Å². The molecule has 1 aliphatic rings. The highest BCUT2D eigenvalue weighted by molar-refractivity contribution is 6.30. The van der Waals surface area contributed by atoms with Crippen molar-refractivity contribution in [1.82, 2.24) is 14.9 Å². The maximum Gasteiger partial charge on any atom is 0.119 e. The van der Waals surface area contributed by atoms with Crippen molar-refractivity contribution < 1.29 is 9.94 Å². The van der Waals surface area contributed by atoms with Crippen LogP contribution in [0.4, 0.5) is 0 Å². The molecule has 3 N–H and O–H groups in total. The monoisotopic (exact) mass is 530 g/mol. The molecule has 1 fully saturated rings. The van der Waals surface area contributed by atoms with Crippen molar-refractivity contribution in [2.75, 3.05) is 45.9 Å². The molecule has 1 aliphatic heterocycles. The molecule has 0 aromatic heterocycles. The van der Waals surface area contributed by atoms with Gasteiger partial charge in [0.25, 0.3) is 0 Å². The molecular weight excluding hydrogens is 496 g/mol. The van der Waals surface area contributed by atoms with E-state index < -0.39 is 0 Å². The second kappa shape index (κ2) is 13.9. The van der Waals surface area contributed by atoms with Crippen LogP contribution in [0.15, 0.2) is 91.3 Å². The Hall–Kier alpha value is -3.47. The quantitative estimate of drug-likeness (QED) is 0.284. The van der Waals surface area contributed by atoms with Crippen LogP contribution >= 0.6 is 11.6 Å². The predicted octanol–water partition coefficient (Wildman–Crippen LogP) is 4.99. The maximum absolute atomic E-state index is 9.49. The van der Waals surface area contributed by atoms with Gasteiger partial charge in [0.05, 0.1) is 12.6 Å². The molecule has 3 aromatic carbocycles. The van der Waals surface area contributed by atoms with E-state index in [1.54, 1.807) is 0 Å². The summed E-state index contributed by atoms with van der Waals surface area (Å²) in [6, 6.07) is 26.9. The highest BCUT2D eigenvalue weighted by Gasteiger charge is 2.26. The van der Waals surface area contributed by atoms with Gasteiger partial charge in [-0.25, -0.2) is 5.06 Å². The molecule has 0 bridgehead atoms. The van der Waals surface area contributed by atoms with Gasteiger partial charge in [-0.05, 0) is 47.5 Å². The molecule has 0 spiro atoms. The van der Waals surface area contributed by atoms with Crippen LogP contribution in [0.25, 0.3) is 0 Å². The van der Waals surface area contributed by atoms with Crippen molar-refractivity contribution in [2.24, 2.45) is 5.73 Å². The maximum atomic E-state index is 9.49. The lowest BCUT2D eigenvalue weighted by Gasteiger charge is -2.39. The van der Waals surface area contributed by atoms with Gasteiger partial charge in [0.15, 0.2) is 0 Å². The van der Waals surface area contributed by atoms with Crippen LogP contribution in [-0.2, 0) is 0 Å². The topological polar surface area (TPSA) is 65.2 Å². The molecule has 0 aliphatic carbocycles. The number of benzene rings is 3. The molecular formula is C31H35ClN4O2. The normalized spacial score (nSPS) is 14.8. The van der Waals surface area contributed by atoms with Crippen LogP contribution in [0.5, 0.6) is 5.75 Å². The predicted molar refractivity (Wildman–Crippen MR) is 153 cm³/mol. The summed E-state index contributed by atoms with van der Waals surface area (Å²) in [6.07, 6.45) is 0.490. The lowest BCUT2D eigenvalue weighted by Crippen LogP contribution is -2.48. The number of hydrogen-bond donors (Lipinski definition) is 2. The van der Waals surface area contributed by atoms with Gasteiger partial charge in [0.1, 0.15) is 18.2 Å². The Balaban J connectivity index is 1.23. The minimum atomic E-state index is 0.115. The third-order valence-corrected chi connectivity index (χ3v) is 6.87. The van der Waals surface area contributed by atoms with Crippen molar-refractivity contribution in [3.05, 3.63) is 113 Å². The van der Waals surface area contributed by atoms with Crippen molar-refractivity contribution in [3.63, 3.8) is 0 Å². The summed E-state index contributed by atoms with van der Waals surface area (Å²) in [4.78, 5) is 5.01. The molecule has 0 unspecified atom stereocenters. The Labute approximate surface area is 230 Å². The van der Waals surface area contributed by atoms with Crippen molar-refractivity contribution in [3.8, 4) is 17.6 Å². The smallest absolute Gasteiger partial charge is 0.119 e. The van der Waals surface area contributed by atoms with E-state index in [0.29, 0.717) is 19.6 Å². The first kappa shape index (κ1) is 27.6. The zero-order chi connectivity index (χ0) is 26.7. The number of ether oxygens (including phenoxy) is 1. The van der Waals surface area contributed by atoms with Gasteiger partial charge in [0.2, 0.25) is 0 Å². The van der Waals surface area contributed by atoms with Crippen LogP contribution < -0.4 is 10.5 Å². The van der Waals surface area contributed by atoms with Gasteiger partial charge in [-0.3, -0.25) is 15.0 Å². The Kier molecular flexibility index (Phi) is 10.1. The summed E-state index contributed by atoms with van der Waals surface area (Å²) in [6.45, 7) is 9.30. The highest BCUT2D eigenvalue weighted by atomic mass is 35.5. The fourth-order valence-corrected chi connectivity index (χ4v) is 4.66. The fraction of sp³-hybridized carbons (Fsp3) is 0.290. The lowest BCUT2D eigenvalue weighted by atomic mass is 9.96. The summed E-state index contributed by atoms with van der Waals surface area (Å²) in [5.74, 6) is 7.05. The van der Waals surface area contributed by atoms with Gasteiger partial charge < -0.3 is 10.5 Å². The summed E-state index contributed by atoms with van der Waals surface area (Å²) in [7, 11) is 0. The van der Waals surface area contributed by atoms with E-state index in [9.17, 15) is 5.21 Å². The second-order valence-corrected chi connectivity index (χ2v) is 9.72. The summed E-state index contributed by atoms with van der Waals surface area (Å²) in [5.41, 5.74) is 8.88. The van der Waals surface area contributed by atoms with Gasteiger partial charge in [-0.1, -0.05) is 72.5 Å². The van der Waals surface area contributed by atoms with Crippen LogP contribution in [-0.4, -0.2) is 65.9 Å². The van der Waals surface area contributed by atoms with Crippen molar-refractivity contribution in [2.45, 2.75) is 12.5 Å². The number of halogens is 1. The van der Waals surface area contributed by atoms with E-state index in [1.165, 1.54) is 11.1 Å². The van der Waals surface area contributed by atoms with E-state index in [-0.39, 0.29) is 11.9 Å². The van der Waals surface area contributed by atoms with Crippen LogP contribution in [0.3, 0.4) is 0 Å². The van der Waals surface area contributed by atoms with Gasteiger partial charge in [0, 0.05) is 49.7 Å². The average molecular weight is 531 g/mol. The van der Waals surface area contributed by atoms with Gasteiger partial charge in [-0.15, -0.1) is 0 Å². The molecule has 7 heteroatoms. The largest absolute Gasteiger partial charge is 0.492 e. The van der Waals surface area contributed by atoms with Crippen molar-refractivity contribution in [1.29, 1.82) is 0 Å². The molecule has 0 radical (unpaired) electrons. The number of nitrogens with zero attached hydrogens (tertiary/aromatic N) is 3. The molecule has 4 rings (SSSR count). The number of rotatable bonds is 10. The zero-order valence-electron chi connectivity index (χ0n) is 21.6. The molecule has 198 valence electrons. The van der Waals surface area contributed by atoms with Crippen LogP contribution in [0.2, 0.25) is 5.02 Å². The van der Waals surface area contributed by atoms with Crippen LogP contribution in [0, 0.1) is 11.8 Å². The second-order valence-electron chi connectivity index (χ2n) is 9.28. The minimum Gasteiger partial charge on any atom is -0.492 e. The standard InChI is InChI=1S/C31H35ClN4O2/c1-25(33)36(37)18-6-5-7-26-10-16-30(17-11-26)38-24-23-34-19-21-35(22-20-34)31(27-8-3-2-4-9-27)28-12-14-29(32)15-13-28/h2-4,8-17,31,37H,1,6,18-24,33H2/t31-/m1/s1.